The van der Waals surface area contributed by atoms with E-state index in [1.807, 2.05) is 39.0 Å². The molecule has 0 aromatic carbocycles. The van der Waals surface area contributed by atoms with Crippen LogP contribution in [0.5, 0.6) is 0 Å². The summed E-state index contributed by atoms with van der Waals surface area (Å²) in [6.45, 7) is 6.43. The number of nitrogens with two attached hydrogens (primary N) is 1. The molecule has 0 radical (unpaired) electrons. The Hall–Kier alpha value is -0.840. The average molecular weight is 308 g/mol. The van der Waals surface area contributed by atoms with E-state index in [0.717, 1.165) is 12.1 Å². The highest BCUT2D eigenvalue weighted by Crippen LogP contribution is 2.16. The highest BCUT2D eigenvalue weighted by Gasteiger charge is 2.26. The van der Waals surface area contributed by atoms with Crippen molar-refractivity contribution >= 4 is 30.7 Å². The van der Waals surface area contributed by atoms with Crippen LogP contribution in [0.15, 0.2) is 24.4 Å². The van der Waals surface area contributed by atoms with E-state index in [9.17, 15) is 4.79 Å². The Kier molecular flexibility index (Phi) is 9.84. The van der Waals surface area contributed by atoms with Crippen LogP contribution >= 0.6 is 24.8 Å². The Balaban J connectivity index is 0. The quantitative estimate of drug-likeness (QED) is 0.893. The third-order valence-corrected chi connectivity index (χ3v) is 2.62. The Labute approximate surface area is 127 Å². The topological polar surface area (TPSA) is 68.0 Å². The number of hydrogen-bond donors (Lipinski definition) is 2. The van der Waals surface area contributed by atoms with Gasteiger partial charge in [0.15, 0.2) is 0 Å². The molecule has 1 aromatic rings. The molecule has 0 saturated carbocycles. The summed E-state index contributed by atoms with van der Waals surface area (Å²) in [4.78, 5) is 15.9. The number of carbonyl (C=O) groups excluding carboxylic acids is 1. The molecule has 19 heavy (non-hydrogen) atoms. The number of pyridine rings is 1. The zero-order valence-electron chi connectivity index (χ0n) is 11.6. The molecule has 1 amide bonds. The third-order valence-electron chi connectivity index (χ3n) is 2.62. The number of aromatic nitrogens is 1. The number of hydrogen-bond acceptors (Lipinski definition) is 3. The predicted octanol–water partition coefficient (Wildman–Crippen LogP) is 1.96. The highest BCUT2D eigenvalue weighted by atomic mass is 35.5. The van der Waals surface area contributed by atoms with Gasteiger partial charge in [-0.15, -0.1) is 24.8 Å². The molecule has 0 spiro atoms. The summed E-state index contributed by atoms with van der Waals surface area (Å²) < 4.78 is 0. The van der Waals surface area contributed by atoms with Crippen molar-refractivity contribution in [2.75, 3.05) is 6.54 Å². The van der Waals surface area contributed by atoms with Crippen molar-refractivity contribution in [2.45, 2.75) is 33.2 Å². The van der Waals surface area contributed by atoms with E-state index in [2.05, 4.69) is 10.3 Å². The average Bonchev–Trinajstić information content (AvgIpc) is 2.28. The molecule has 0 saturated heterocycles. The minimum atomic E-state index is -0.480. The molecule has 0 bridgehead atoms. The molecule has 6 heteroatoms. The van der Waals surface area contributed by atoms with Crippen molar-refractivity contribution in [1.82, 2.24) is 10.3 Å². The lowest BCUT2D eigenvalue weighted by Crippen LogP contribution is -2.49. The van der Waals surface area contributed by atoms with Gasteiger partial charge in [-0.25, -0.2) is 0 Å². The van der Waals surface area contributed by atoms with Gasteiger partial charge in [-0.1, -0.05) is 26.8 Å². The molecule has 0 unspecified atom stereocenters. The van der Waals surface area contributed by atoms with Crippen LogP contribution in [-0.4, -0.2) is 23.5 Å². The van der Waals surface area contributed by atoms with Crippen LogP contribution < -0.4 is 11.1 Å². The summed E-state index contributed by atoms with van der Waals surface area (Å²) in [6, 6.07) is 5.27. The largest absolute Gasteiger partial charge is 0.354 e. The van der Waals surface area contributed by atoms with E-state index in [0.29, 0.717) is 6.54 Å². The van der Waals surface area contributed by atoms with E-state index in [-0.39, 0.29) is 36.1 Å². The van der Waals surface area contributed by atoms with Crippen LogP contribution in [0.3, 0.4) is 0 Å². The molecule has 1 aromatic heterocycles. The van der Waals surface area contributed by atoms with Gasteiger partial charge >= 0.3 is 0 Å². The van der Waals surface area contributed by atoms with Crippen LogP contribution in [0.1, 0.15) is 26.5 Å². The van der Waals surface area contributed by atoms with Crippen molar-refractivity contribution < 1.29 is 4.79 Å². The van der Waals surface area contributed by atoms with E-state index in [4.69, 9.17) is 5.73 Å². The van der Waals surface area contributed by atoms with Gasteiger partial charge in [0.05, 0.1) is 6.04 Å². The van der Waals surface area contributed by atoms with E-state index < -0.39 is 6.04 Å². The first-order valence-electron chi connectivity index (χ1n) is 5.84. The van der Waals surface area contributed by atoms with Gasteiger partial charge in [-0.3, -0.25) is 9.78 Å². The van der Waals surface area contributed by atoms with Crippen LogP contribution in [0.2, 0.25) is 0 Å². The van der Waals surface area contributed by atoms with Crippen LogP contribution in [0, 0.1) is 5.41 Å². The van der Waals surface area contributed by atoms with Crippen molar-refractivity contribution in [1.29, 1.82) is 0 Å². The predicted molar refractivity (Wildman–Crippen MR) is 82.9 cm³/mol. The number of nitrogens with zero attached hydrogens (tertiary/aromatic N) is 1. The minimum absolute atomic E-state index is 0. The Bertz CT molecular complexity index is 366. The SMILES string of the molecule is CC(C)(C)[C@H](N)C(=O)NCCc1ccccn1.Cl.Cl. The summed E-state index contributed by atoms with van der Waals surface area (Å²) in [6.07, 6.45) is 2.47. The summed E-state index contributed by atoms with van der Waals surface area (Å²) in [7, 11) is 0. The molecule has 1 atom stereocenters. The fraction of sp³-hybridized carbons (Fsp3) is 0.538. The van der Waals surface area contributed by atoms with Crippen molar-refractivity contribution in [3.63, 3.8) is 0 Å². The number of nitrogens with one attached hydrogen (secondary N) is 1. The Morgan fingerprint density at radius 1 is 1.37 bits per heavy atom. The number of rotatable bonds is 4. The molecule has 110 valence electrons. The summed E-state index contributed by atoms with van der Waals surface area (Å²) in [5, 5.41) is 2.83. The Morgan fingerprint density at radius 2 is 2.00 bits per heavy atom. The van der Waals surface area contributed by atoms with Crippen LogP contribution in [0.4, 0.5) is 0 Å². The first-order chi connectivity index (χ1) is 7.91. The second-order valence-corrected chi connectivity index (χ2v) is 5.21. The van der Waals surface area contributed by atoms with Crippen LogP contribution in [-0.2, 0) is 11.2 Å². The number of carbonyl (C=O) groups is 1. The fourth-order valence-electron chi connectivity index (χ4n) is 1.36. The third kappa shape index (κ3) is 7.35. The second-order valence-electron chi connectivity index (χ2n) is 5.21. The van der Waals surface area contributed by atoms with Gasteiger partial charge < -0.3 is 11.1 Å². The fourth-order valence-corrected chi connectivity index (χ4v) is 1.36. The molecule has 4 nitrogen and oxygen atoms in total. The minimum Gasteiger partial charge on any atom is -0.354 e. The lowest BCUT2D eigenvalue weighted by Gasteiger charge is -2.25. The van der Waals surface area contributed by atoms with Crippen LogP contribution in [0.25, 0.3) is 0 Å². The van der Waals surface area contributed by atoms with Gasteiger partial charge in [0, 0.05) is 24.9 Å². The monoisotopic (exact) mass is 307 g/mol. The maximum atomic E-state index is 11.7. The van der Waals surface area contributed by atoms with E-state index in [1.165, 1.54) is 0 Å². The second kappa shape index (κ2) is 9.13. The molecule has 0 fully saturated rings. The van der Waals surface area contributed by atoms with Crippen molar-refractivity contribution in [2.24, 2.45) is 11.1 Å². The first-order valence-corrected chi connectivity index (χ1v) is 5.84. The molecule has 0 aliphatic carbocycles. The number of amides is 1. The van der Waals surface area contributed by atoms with Crippen molar-refractivity contribution in [3.8, 4) is 0 Å². The van der Waals surface area contributed by atoms with Gasteiger partial charge in [0.2, 0.25) is 5.91 Å². The normalized spacial score (nSPS) is 11.8. The lowest BCUT2D eigenvalue weighted by molar-refractivity contribution is -0.124. The maximum Gasteiger partial charge on any atom is 0.237 e. The molecule has 0 aliphatic heterocycles. The summed E-state index contributed by atoms with van der Waals surface area (Å²) >= 11 is 0. The zero-order valence-corrected chi connectivity index (χ0v) is 13.2. The molecule has 1 heterocycles. The smallest absolute Gasteiger partial charge is 0.237 e. The first kappa shape index (κ1) is 20.5. The van der Waals surface area contributed by atoms with Gasteiger partial charge in [-0.05, 0) is 17.5 Å². The highest BCUT2D eigenvalue weighted by molar-refractivity contribution is 5.85. The number of halogens is 2. The molecule has 3 N–H and O–H groups in total. The summed E-state index contributed by atoms with van der Waals surface area (Å²) in [5.74, 6) is -0.103. The maximum absolute atomic E-state index is 11.7. The molecule has 0 aliphatic rings. The van der Waals surface area contributed by atoms with Gasteiger partial charge in [0.1, 0.15) is 0 Å². The summed E-state index contributed by atoms with van der Waals surface area (Å²) in [5.41, 5.74) is 6.60. The molecular formula is C13H23Cl2N3O. The molecular weight excluding hydrogens is 285 g/mol. The van der Waals surface area contributed by atoms with E-state index in [1.54, 1.807) is 6.20 Å². The lowest BCUT2D eigenvalue weighted by atomic mass is 9.87. The van der Waals surface area contributed by atoms with E-state index >= 15 is 0 Å². The zero-order chi connectivity index (χ0) is 12.9. The van der Waals surface area contributed by atoms with Crippen molar-refractivity contribution in [3.05, 3.63) is 30.1 Å². The standard InChI is InChI=1S/C13H21N3O.2ClH/c1-13(2,3)11(14)12(17)16-9-7-10-6-4-5-8-15-10;;/h4-6,8,11H,7,9,14H2,1-3H3,(H,16,17);2*1H/t11-;;/m1../s1. The molecule has 1 rings (SSSR count). The van der Waals surface area contributed by atoms with Gasteiger partial charge in [-0.2, -0.15) is 0 Å². The Morgan fingerprint density at radius 3 is 2.47 bits per heavy atom. The van der Waals surface area contributed by atoms with Gasteiger partial charge in [0.25, 0.3) is 0 Å².